The first-order chi connectivity index (χ1) is 14.5. The molecule has 3 heterocycles. The number of anilines is 1. The van der Waals surface area contributed by atoms with Gasteiger partial charge in [0.1, 0.15) is 24.5 Å². The summed E-state index contributed by atoms with van der Waals surface area (Å²) >= 11 is 0. The molecule has 0 aromatic carbocycles. The van der Waals surface area contributed by atoms with Gasteiger partial charge in [-0.05, 0) is 43.7 Å². The van der Waals surface area contributed by atoms with Crippen LogP contribution < -0.4 is 5.73 Å². The van der Waals surface area contributed by atoms with Crippen LogP contribution in [0.15, 0.2) is 18.5 Å². The van der Waals surface area contributed by atoms with Crippen LogP contribution in [0.3, 0.4) is 0 Å². The quantitative estimate of drug-likeness (QED) is 0.802. The van der Waals surface area contributed by atoms with Gasteiger partial charge < -0.3 is 20.1 Å². The summed E-state index contributed by atoms with van der Waals surface area (Å²) in [6.07, 6.45) is 7.89. The summed E-state index contributed by atoms with van der Waals surface area (Å²) in [5, 5.41) is 14.1. The van der Waals surface area contributed by atoms with Gasteiger partial charge >= 0.3 is 6.09 Å². The molecule has 0 radical (unpaired) electrons. The van der Waals surface area contributed by atoms with Crippen LogP contribution in [0.5, 0.6) is 0 Å². The van der Waals surface area contributed by atoms with Gasteiger partial charge in [0.2, 0.25) is 0 Å². The van der Waals surface area contributed by atoms with E-state index in [1.165, 1.54) is 38.4 Å². The molecule has 2 aromatic heterocycles. The predicted molar refractivity (Wildman–Crippen MR) is 109 cm³/mol. The lowest BCUT2D eigenvalue weighted by Crippen LogP contribution is -2.35. The lowest BCUT2D eigenvalue weighted by molar-refractivity contribution is -0.0392. The maximum Gasteiger partial charge on any atom is 0.409 e. The smallest absolute Gasteiger partial charge is 0.409 e. The third-order valence-electron chi connectivity index (χ3n) is 6.22. The number of nitriles is 1. The number of nitrogens with zero attached hydrogens (tertiary/aromatic N) is 5. The second-order valence-electron chi connectivity index (χ2n) is 8.34. The normalized spacial score (nSPS) is 24.6. The summed E-state index contributed by atoms with van der Waals surface area (Å²) in [6.45, 7) is 0.849. The highest BCUT2D eigenvalue weighted by molar-refractivity contribution is 5.67. The fourth-order valence-electron chi connectivity index (χ4n) is 4.58. The van der Waals surface area contributed by atoms with Crippen molar-refractivity contribution in [3.8, 4) is 6.07 Å². The van der Waals surface area contributed by atoms with E-state index in [9.17, 15) is 10.1 Å². The zero-order chi connectivity index (χ0) is 21.1. The Morgan fingerprint density at radius 1 is 1.40 bits per heavy atom. The van der Waals surface area contributed by atoms with E-state index in [-0.39, 0.29) is 18.8 Å². The molecule has 9 nitrogen and oxygen atoms in total. The molecule has 0 unspecified atom stereocenters. The topological polar surface area (TPSA) is 119 Å². The molecule has 2 aliphatic rings. The highest BCUT2D eigenvalue weighted by Gasteiger charge is 2.45. The molecule has 1 aliphatic heterocycles. The molecule has 2 fully saturated rings. The average Bonchev–Trinajstić information content (AvgIpc) is 3.38. The van der Waals surface area contributed by atoms with E-state index in [0.717, 1.165) is 6.54 Å². The lowest BCUT2D eigenvalue weighted by atomic mass is 9.89. The van der Waals surface area contributed by atoms with Crippen molar-refractivity contribution in [2.75, 3.05) is 25.9 Å². The largest absolute Gasteiger partial charge is 0.447 e. The number of carbonyl (C=O) groups excluding carboxylic acids is 1. The van der Waals surface area contributed by atoms with Crippen molar-refractivity contribution < 1.29 is 14.3 Å². The summed E-state index contributed by atoms with van der Waals surface area (Å²) in [5.41, 5.74) is 5.98. The van der Waals surface area contributed by atoms with Crippen LogP contribution in [0, 0.1) is 17.2 Å². The van der Waals surface area contributed by atoms with E-state index in [1.54, 1.807) is 28.6 Å². The van der Waals surface area contributed by atoms with Gasteiger partial charge in [0.05, 0.1) is 11.8 Å². The van der Waals surface area contributed by atoms with E-state index in [0.29, 0.717) is 35.8 Å². The van der Waals surface area contributed by atoms with Crippen LogP contribution in [-0.4, -0.2) is 51.9 Å². The molecule has 2 atom stereocenters. The summed E-state index contributed by atoms with van der Waals surface area (Å²) in [4.78, 5) is 18.0. The second-order valence-corrected chi connectivity index (χ2v) is 8.34. The third-order valence-corrected chi connectivity index (χ3v) is 6.22. The van der Waals surface area contributed by atoms with Crippen molar-refractivity contribution in [2.24, 2.45) is 5.92 Å². The number of ether oxygens (including phenoxy) is 2. The Hall–Kier alpha value is -2.86. The Balaban J connectivity index is 1.36. The summed E-state index contributed by atoms with van der Waals surface area (Å²) in [5.74, 6) is 0.899. The number of hydrogen-bond donors (Lipinski definition) is 1. The minimum absolute atomic E-state index is 0.123. The van der Waals surface area contributed by atoms with E-state index in [4.69, 9.17) is 15.2 Å². The van der Waals surface area contributed by atoms with Crippen LogP contribution in [0.1, 0.15) is 50.6 Å². The van der Waals surface area contributed by atoms with Gasteiger partial charge in [0, 0.05) is 13.6 Å². The molecule has 0 bridgehead atoms. The van der Waals surface area contributed by atoms with Gasteiger partial charge in [-0.1, -0.05) is 19.3 Å². The fourth-order valence-corrected chi connectivity index (χ4v) is 4.58. The Labute approximate surface area is 175 Å². The molecule has 4 rings (SSSR count). The molecule has 160 valence electrons. The SMILES string of the molecule is CN(CC1CCCCC1)C(=O)OC[C@@H]1CC[C@](C#N)(c2ccc3c(N)ncnn23)O1. The summed E-state index contributed by atoms with van der Waals surface area (Å²) in [6, 6.07) is 5.86. The first-order valence-electron chi connectivity index (χ1n) is 10.6. The molecule has 9 heteroatoms. The Morgan fingerprint density at radius 3 is 2.97 bits per heavy atom. The third kappa shape index (κ3) is 3.92. The zero-order valence-corrected chi connectivity index (χ0v) is 17.3. The molecule has 2 N–H and O–H groups in total. The van der Waals surface area contributed by atoms with E-state index in [2.05, 4.69) is 16.2 Å². The standard InChI is InChI=1S/C21H28N6O3/c1-26(11-15-5-3-2-4-6-15)20(28)29-12-16-9-10-21(13-22,30-16)18-8-7-17-19(23)24-14-25-27(17)18/h7-8,14-16H,2-6,9-12H2,1H3,(H2,23,24,25)/t16-,21-/m0/s1. The molecule has 0 spiro atoms. The number of nitrogens with two attached hydrogens (primary N) is 1. The number of amides is 1. The maximum atomic E-state index is 12.4. The average molecular weight is 412 g/mol. The monoisotopic (exact) mass is 412 g/mol. The lowest BCUT2D eigenvalue weighted by Gasteiger charge is -2.27. The summed E-state index contributed by atoms with van der Waals surface area (Å²) in [7, 11) is 1.78. The molecule has 1 saturated heterocycles. The minimum atomic E-state index is -1.15. The van der Waals surface area contributed by atoms with Crippen molar-refractivity contribution in [3.05, 3.63) is 24.2 Å². The highest BCUT2D eigenvalue weighted by Crippen LogP contribution is 2.39. The van der Waals surface area contributed by atoms with E-state index >= 15 is 0 Å². The van der Waals surface area contributed by atoms with E-state index < -0.39 is 5.60 Å². The molecule has 1 amide bonds. The maximum absolute atomic E-state index is 12.4. The molecule has 2 aromatic rings. The zero-order valence-electron chi connectivity index (χ0n) is 17.3. The van der Waals surface area contributed by atoms with Crippen molar-refractivity contribution in [1.29, 1.82) is 5.26 Å². The van der Waals surface area contributed by atoms with Crippen LogP contribution in [0.2, 0.25) is 0 Å². The molecule has 1 saturated carbocycles. The Kier molecular flexibility index (Phi) is 5.77. The van der Waals surface area contributed by atoms with Gasteiger partial charge in [-0.3, -0.25) is 0 Å². The van der Waals surface area contributed by atoms with Gasteiger partial charge in [0.15, 0.2) is 11.4 Å². The van der Waals surface area contributed by atoms with Crippen LogP contribution in [0.25, 0.3) is 5.52 Å². The van der Waals surface area contributed by atoms with Crippen LogP contribution >= 0.6 is 0 Å². The van der Waals surface area contributed by atoms with Crippen molar-refractivity contribution in [1.82, 2.24) is 19.5 Å². The number of carbonyl (C=O) groups is 1. The van der Waals surface area contributed by atoms with Gasteiger partial charge in [-0.2, -0.15) is 10.4 Å². The van der Waals surface area contributed by atoms with Crippen molar-refractivity contribution >= 4 is 17.4 Å². The Morgan fingerprint density at radius 2 is 2.20 bits per heavy atom. The molecular formula is C21H28N6O3. The number of aromatic nitrogens is 3. The Bertz CT molecular complexity index is 948. The van der Waals surface area contributed by atoms with Crippen molar-refractivity contribution in [3.63, 3.8) is 0 Å². The number of rotatable bonds is 5. The fraction of sp³-hybridized carbons (Fsp3) is 0.619. The molecular weight excluding hydrogens is 384 g/mol. The first kappa shape index (κ1) is 20.4. The van der Waals surface area contributed by atoms with Crippen molar-refractivity contribution in [2.45, 2.75) is 56.7 Å². The van der Waals surface area contributed by atoms with Gasteiger partial charge in [0.25, 0.3) is 0 Å². The predicted octanol–water partition coefficient (Wildman–Crippen LogP) is 2.86. The second kappa shape index (κ2) is 8.48. The van der Waals surface area contributed by atoms with Gasteiger partial charge in [-0.15, -0.1) is 0 Å². The van der Waals surface area contributed by atoms with Gasteiger partial charge in [-0.25, -0.2) is 14.3 Å². The molecule has 30 heavy (non-hydrogen) atoms. The number of fused-ring (bicyclic) bond motifs is 1. The highest BCUT2D eigenvalue weighted by atomic mass is 16.6. The van der Waals surface area contributed by atoms with Crippen LogP contribution in [0.4, 0.5) is 10.6 Å². The molecule has 1 aliphatic carbocycles. The minimum Gasteiger partial charge on any atom is -0.447 e. The first-order valence-corrected chi connectivity index (χ1v) is 10.6. The number of nitrogen functional groups attached to an aromatic ring is 1. The summed E-state index contributed by atoms with van der Waals surface area (Å²) < 4.78 is 13.2. The number of hydrogen-bond acceptors (Lipinski definition) is 7. The van der Waals surface area contributed by atoms with E-state index in [1.807, 2.05) is 0 Å². The van der Waals surface area contributed by atoms with Crippen LogP contribution in [-0.2, 0) is 15.1 Å².